The van der Waals surface area contributed by atoms with Crippen LogP contribution in [-0.2, 0) is 21.2 Å². The van der Waals surface area contributed by atoms with Crippen LogP contribution in [0, 0.1) is 0 Å². The van der Waals surface area contributed by atoms with E-state index < -0.39 is 21.1 Å². The molecule has 152 valence electrons. The monoisotopic (exact) mass is 408 g/mol. The molecule has 0 saturated carbocycles. The van der Waals surface area contributed by atoms with E-state index in [1.807, 2.05) is 4.90 Å². The predicted octanol–water partition coefficient (Wildman–Crippen LogP) is -0.731. The summed E-state index contributed by atoms with van der Waals surface area (Å²) in [5, 5.41) is 0.411. The molecule has 1 amide bonds. The van der Waals surface area contributed by atoms with Crippen molar-refractivity contribution in [3.05, 3.63) is 45.1 Å². The lowest BCUT2D eigenvalue weighted by Gasteiger charge is -2.34. The third-order valence-electron chi connectivity index (χ3n) is 4.96. The fourth-order valence-corrected chi connectivity index (χ4v) is 3.94. The van der Waals surface area contributed by atoms with Crippen molar-refractivity contribution < 1.29 is 13.2 Å². The Hall–Kier alpha value is -2.46. The minimum Gasteiger partial charge on any atom is -0.340 e. The first-order valence-electron chi connectivity index (χ1n) is 9.14. The van der Waals surface area contributed by atoms with Crippen LogP contribution in [-0.4, -0.2) is 78.4 Å². The molecule has 2 heterocycles. The molecule has 0 radical (unpaired) electrons. The van der Waals surface area contributed by atoms with Crippen LogP contribution in [0.5, 0.6) is 0 Å². The number of piperazine rings is 1. The number of nitrogens with zero attached hydrogens (tertiary/aromatic N) is 3. The number of rotatable bonds is 6. The highest BCUT2D eigenvalue weighted by atomic mass is 32.2. The average Bonchev–Trinajstić information content (AvgIpc) is 2.66. The van der Waals surface area contributed by atoms with Crippen LogP contribution in [0.15, 0.2) is 33.9 Å². The second-order valence-electron chi connectivity index (χ2n) is 7.03. The summed E-state index contributed by atoms with van der Waals surface area (Å²) in [6.07, 6.45) is 1.37. The largest absolute Gasteiger partial charge is 0.340 e. The van der Waals surface area contributed by atoms with Gasteiger partial charge in [-0.3, -0.25) is 24.0 Å². The normalized spacial score (nSPS) is 15.8. The quantitative estimate of drug-likeness (QED) is 0.674. The number of para-hydroxylation sites is 1. The first kappa shape index (κ1) is 20.3. The molecule has 1 saturated heterocycles. The van der Waals surface area contributed by atoms with Gasteiger partial charge in [-0.1, -0.05) is 12.1 Å². The van der Waals surface area contributed by atoms with E-state index in [1.165, 1.54) is 10.8 Å². The molecule has 2 aromatic rings. The number of aromatic amines is 1. The maximum atomic E-state index is 12.5. The van der Waals surface area contributed by atoms with Gasteiger partial charge in [0.15, 0.2) is 0 Å². The van der Waals surface area contributed by atoms with Gasteiger partial charge in [0.1, 0.15) is 9.84 Å². The molecule has 28 heavy (non-hydrogen) atoms. The van der Waals surface area contributed by atoms with Crippen LogP contribution in [0.4, 0.5) is 0 Å². The smallest absolute Gasteiger partial charge is 0.328 e. The molecule has 0 bridgehead atoms. The number of aryl methyl sites for hydroxylation is 1. The second kappa shape index (κ2) is 8.27. The lowest BCUT2D eigenvalue weighted by Crippen LogP contribution is -2.49. The number of nitrogens with one attached hydrogen (secondary N) is 1. The molecule has 0 spiro atoms. The fraction of sp³-hybridized carbons (Fsp3) is 0.500. The van der Waals surface area contributed by atoms with Crippen LogP contribution in [0.3, 0.4) is 0 Å². The highest BCUT2D eigenvalue weighted by Crippen LogP contribution is 2.09. The third-order valence-corrected chi connectivity index (χ3v) is 5.88. The molecule has 1 aromatic carbocycles. The van der Waals surface area contributed by atoms with Gasteiger partial charge in [-0.2, -0.15) is 0 Å². The lowest BCUT2D eigenvalue weighted by molar-refractivity contribution is -0.133. The summed E-state index contributed by atoms with van der Waals surface area (Å²) in [7, 11) is -3.00. The van der Waals surface area contributed by atoms with Gasteiger partial charge in [0.25, 0.3) is 5.56 Å². The predicted molar refractivity (Wildman–Crippen MR) is 106 cm³/mol. The summed E-state index contributed by atoms with van der Waals surface area (Å²) in [6.45, 7) is 2.97. The second-order valence-corrected chi connectivity index (χ2v) is 9.29. The van der Waals surface area contributed by atoms with E-state index in [2.05, 4.69) is 4.98 Å². The summed E-state index contributed by atoms with van der Waals surface area (Å²) in [6, 6.07) is 6.80. The first-order valence-corrected chi connectivity index (χ1v) is 11.2. The SMILES string of the molecule is CS(=O)(=O)CCN1CCN(C(=O)CCn2c(=O)[nH]c(=O)c3ccccc32)CC1. The Balaban J connectivity index is 1.59. The van der Waals surface area contributed by atoms with Crippen molar-refractivity contribution in [2.24, 2.45) is 0 Å². The molecular formula is C18H24N4O5S. The number of aromatic nitrogens is 2. The molecule has 1 aromatic heterocycles. The van der Waals surface area contributed by atoms with Crippen LogP contribution < -0.4 is 11.2 Å². The van der Waals surface area contributed by atoms with E-state index in [9.17, 15) is 22.8 Å². The molecule has 1 aliphatic heterocycles. The van der Waals surface area contributed by atoms with Crippen LogP contribution >= 0.6 is 0 Å². The Labute approximate surface area is 162 Å². The van der Waals surface area contributed by atoms with Crippen molar-refractivity contribution >= 4 is 26.6 Å². The van der Waals surface area contributed by atoms with Crippen LogP contribution in [0.2, 0.25) is 0 Å². The number of amides is 1. The topological polar surface area (TPSA) is 113 Å². The van der Waals surface area contributed by atoms with Gasteiger partial charge in [-0.05, 0) is 12.1 Å². The van der Waals surface area contributed by atoms with E-state index in [0.29, 0.717) is 43.6 Å². The molecule has 9 nitrogen and oxygen atoms in total. The summed E-state index contributed by atoms with van der Waals surface area (Å²) >= 11 is 0. The van der Waals surface area contributed by atoms with E-state index in [4.69, 9.17) is 0 Å². The van der Waals surface area contributed by atoms with Crippen molar-refractivity contribution in [1.82, 2.24) is 19.4 Å². The zero-order chi connectivity index (χ0) is 20.3. The number of benzene rings is 1. The maximum Gasteiger partial charge on any atom is 0.328 e. The average molecular weight is 408 g/mol. The Morgan fingerprint density at radius 2 is 1.75 bits per heavy atom. The Kier molecular flexibility index (Phi) is 5.99. The first-order chi connectivity index (χ1) is 13.2. The highest BCUT2D eigenvalue weighted by molar-refractivity contribution is 7.90. The summed E-state index contributed by atoms with van der Waals surface area (Å²) in [5.41, 5.74) is -0.454. The number of H-pyrrole nitrogens is 1. The van der Waals surface area contributed by atoms with Gasteiger partial charge in [-0.15, -0.1) is 0 Å². The van der Waals surface area contributed by atoms with Crippen molar-refractivity contribution in [3.8, 4) is 0 Å². The molecule has 0 aliphatic carbocycles. The van der Waals surface area contributed by atoms with Crippen molar-refractivity contribution in [2.45, 2.75) is 13.0 Å². The number of sulfone groups is 1. The zero-order valence-corrected chi connectivity index (χ0v) is 16.6. The standard InChI is InChI=1S/C18H24N4O5S/c1-28(26,27)13-12-20-8-10-21(11-9-20)16(23)6-7-22-15-5-3-2-4-14(15)17(24)19-18(22)25/h2-5H,6-13H2,1H3,(H,19,24,25). The van der Waals surface area contributed by atoms with Crippen LogP contribution in [0.1, 0.15) is 6.42 Å². The molecular weight excluding hydrogens is 384 g/mol. The molecule has 0 unspecified atom stereocenters. The summed E-state index contributed by atoms with van der Waals surface area (Å²) in [4.78, 5) is 42.6. The Bertz CT molecular complexity index is 1080. The van der Waals surface area contributed by atoms with Gasteiger partial charge in [-0.25, -0.2) is 13.2 Å². The Morgan fingerprint density at radius 1 is 1.07 bits per heavy atom. The van der Waals surface area contributed by atoms with Crippen molar-refractivity contribution in [2.75, 3.05) is 44.7 Å². The molecule has 3 rings (SSSR count). The van der Waals surface area contributed by atoms with Gasteiger partial charge in [0.2, 0.25) is 5.91 Å². The van der Waals surface area contributed by atoms with E-state index in [1.54, 1.807) is 29.2 Å². The number of hydrogen-bond acceptors (Lipinski definition) is 6. The van der Waals surface area contributed by atoms with Crippen molar-refractivity contribution in [1.29, 1.82) is 0 Å². The van der Waals surface area contributed by atoms with Gasteiger partial charge in [0.05, 0.1) is 16.7 Å². The molecule has 1 N–H and O–H groups in total. The minimum atomic E-state index is -3.00. The van der Waals surface area contributed by atoms with Gasteiger partial charge < -0.3 is 4.90 Å². The summed E-state index contributed by atoms with van der Waals surface area (Å²) < 4.78 is 23.9. The van der Waals surface area contributed by atoms with E-state index in [-0.39, 0.29) is 24.6 Å². The highest BCUT2D eigenvalue weighted by Gasteiger charge is 2.21. The van der Waals surface area contributed by atoms with E-state index >= 15 is 0 Å². The third kappa shape index (κ3) is 4.87. The van der Waals surface area contributed by atoms with Gasteiger partial charge in [0, 0.05) is 51.9 Å². The maximum absolute atomic E-state index is 12.5. The number of fused-ring (bicyclic) bond motifs is 1. The molecule has 1 aliphatic rings. The minimum absolute atomic E-state index is 0.0649. The van der Waals surface area contributed by atoms with Crippen molar-refractivity contribution in [3.63, 3.8) is 0 Å². The molecule has 10 heteroatoms. The number of hydrogen-bond donors (Lipinski definition) is 1. The van der Waals surface area contributed by atoms with Crippen LogP contribution in [0.25, 0.3) is 10.9 Å². The number of carbonyl (C=O) groups is 1. The van der Waals surface area contributed by atoms with E-state index in [0.717, 1.165) is 0 Å². The number of carbonyl (C=O) groups excluding carboxylic acids is 1. The lowest BCUT2D eigenvalue weighted by atomic mass is 10.2. The van der Waals surface area contributed by atoms with Gasteiger partial charge >= 0.3 is 5.69 Å². The molecule has 1 fully saturated rings. The fourth-order valence-electron chi connectivity index (χ4n) is 3.35. The zero-order valence-electron chi connectivity index (χ0n) is 15.8. The Morgan fingerprint density at radius 3 is 2.43 bits per heavy atom. The molecule has 0 atom stereocenters. The summed E-state index contributed by atoms with van der Waals surface area (Å²) in [5.74, 6) is 0.0494.